The monoisotopic (exact) mass is 263 g/mol. The van der Waals surface area contributed by atoms with Gasteiger partial charge in [-0.2, -0.15) is 5.26 Å². The van der Waals surface area contributed by atoms with Crippen molar-refractivity contribution in [2.45, 2.75) is 5.75 Å². The van der Waals surface area contributed by atoms with E-state index in [2.05, 4.69) is 9.35 Å². The number of halogens is 2. The zero-order chi connectivity index (χ0) is 11.5. The predicted octanol–water partition coefficient (Wildman–Crippen LogP) is 2.47. The lowest BCUT2D eigenvalue weighted by Gasteiger charge is -2.04. The van der Waals surface area contributed by atoms with Crippen LogP contribution in [-0.4, -0.2) is 15.4 Å². The van der Waals surface area contributed by atoms with E-state index in [1.165, 1.54) is 24.7 Å². The molecule has 0 N–H and O–H groups in total. The van der Waals surface area contributed by atoms with Crippen LogP contribution in [0.1, 0.15) is 5.56 Å². The maximum absolute atomic E-state index is 11.7. The fraction of sp³-hybridized carbons (Fsp3) is 0.250. The summed E-state index contributed by atoms with van der Waals surface area (Å²) in [6.07, 6.45) is 4.34. The van der Waals surface area contributed by atoms with Gasteiger partial charge in [-0.1, -0.05) is 23.2 Å². The van der Waals surface area contributed by atoms with E-state index in [9.17, 15) is 4.21 Å². The lowest BCUT2D eigenvalue weighted by Crippen LogP contribution is -2.01. The van der Waals surface area contributed by atoms with Crippen LogP contribution >= 0.6 is 23.2 Å². The summed E-state index contributed by atoms with van der Waals surface area (Å²) in [6.45, 7) is 0. The van der Waals surface area contributed by atoms with E-state index in [1.54, 1.807) is 0 Å². The first-order valence-electron chi connectivity index (χ1n) is 3.82. The number of nitrogens with zero attached hydrogens (tertiary/aromatic N) is 3. The van der Waals surface area contributed by atoms with Crippen LogP contribution in [0.2, 0.25) is 10.2 Å². The first-order valence-corrected chi connectivity index (χ1v) is 6.67. The number of nitriles is 1. The average Bonchev–Trinajstić information content (AvgIpc) is 2.09. The minimum Gasteiger partial charge on any atom is -0.249 e. The molecular formula is C8H7Cl2N3OS. The van der Waals surface area contributed by atoms with Crippen molar-refractivity contribution in [2.75, 3.05) is 6.26 Å². The SMILES string of the molecule is CS(=O)(Cc1cnc(Cl)cc1Cl)=NC#N. The molecule has 0 aliphatic heterocycles. The van der Waals surface area contributed by atoms with Gasteiger partial charge in [-0.05, 0) is 6.07 Å². The van der Waals surface area contributed by atoms with Gasteiger partial charge in [-0.25, -0.2) is 9.19 Å². The number of pyridine rings is 1. The van der Waals surface area contributed by atoms with Crippen LogP contribution in [0.3, 0.4) is 0 Å². The van der Waals surface area contributed by atoms with E-state index in [0.29, 0.717) is 10.6 Å². The summed E-state index contributed by atoms with van der Waals surface area (Å²) in [5.41, 5.74) is 0.563. The number of hydrogen-bond acceptors (Lipinski definition) is 4. The van der Waals surface area contributed by atoms with E-state index in [1.807, 2.05) is 0 Å². The Labute approximate surface area is 98.0 Å². The Kier molecular flexibility index (Phi) is 3.91. The molecule has 4 nitrogen and oxygen atoms in total. The fourth-order valence-electron chi connectivity index (χ4n) is 0.949. The summed E-state index contributed by atoms with van der Waals surface area (Å²) in [5, 5.41) is 8.97. The maximum Gasteiger partial charge on any atom is 0.214 e. The van der Waals surface area contributed by atoms with Crippen molar-refractivity contribution in [3.63, 3.8) is 0 Å². The third-order valence-electron chi connectivity index (χ3n) is 1.55. The molecule has 0 aliphatic rings. The summed E-state index contributed by atoms with van der Waals surface area (Å²) in [6, 6.07) is 1.46. The molecule has 1 atom stereocenters. The third-order valence-corrected chi connectivity index (χ3v) is 3.43. The van der Waals surface area contributed by atoms with E-state index < -0.39 is 9.73 Å². The van der Waals surface area contributed by atoms with Gasteiger partial charge in [0.2, 0.25) is 6.19 Å². The second kappa shape index (κ2) is 4.79. The smallest absolute Gasteiger partial charge is 0.214 e. The average molecular weight is 264 g/mol. The van der Waals surface area contributed by atoms with E-state index in [4.69, 9.17) is 28.5 Å². The second-order valence-electron chi connectivity index (χ2n) is 2.89. The quantitative estimate of drug-likeness (QED) is 0.608. The molecule has 0 radical (unpaired) electrons. The minimum absolute atomic E-state index is 0.0869. The van der Waals surface area contributed by atoms with Crippen molar-refractivity contribution in [3.05, 3.63) is 28.0 Å². The molecule has 0 saturated carbocycles. The van der Waals surface area contributed by atoms with Gasteiger partial charge < -0.3 is 0 Å². The molecule has 7 heteroatoms. The van der Waals surface area contributed by atoms with Gasteiger partial charge in [0.05, 0.1) is 15.5 Å². The lowest BCUT2D eigenvalue weighted by molar-refractivity contribution is 0.680. The van der Waals surface area contributed by atoms with Gasteiger partial charge in [0.1, 0.15) is 5.15 Å². The summed E-state index contributed by atoms with van der Waals surface area (Å²) >= 11 is 11.5. The van der Waals surface area contributed by atoms with Crippen molar-refractivity contribution in [1.29, 1.82) is 5.26 Å². The van der Waals surface area contributed by atoms with Crippen molar-refractivity contribution < 1.29 is 4.21 Å². The highest BCUT2D eigenvalue weighted by Gasteiger charge is 2.08. The highest BCUT2D eigenvalue weighted by atomic mass is 35.5. The lowest BCUT2D eigenvalue weighted by atomic mass is 10.3. The largest absolute Gasteiger partial charge is 0.249 e. The van der Waals surface area contributed by atoms with Gasteiger partial charge >= 0.3 is 0 Å². The van der Waals surface area contributed by atoms with Crippen molar-refractivity contribution in [3.8, 4) is 6.19 Å². The minimum atomic E-state index is -2.57. The van der Waals surface area contributed by atoms with Gasteiger partial charge in [0, 0.05) is 23.0 Å². The van der Waals surface area contributed by atoms with Crippen LogP contribution in [-0.2, 0) is 15.5 Å². The van der Waals surface area contributed by atoms with Crippen LogP contribution in [0.4, 0.5) is 0 Å². The molecule has 1 aromatic rings. The Morgan fingerprint density at radius 2 is 2.33 bits per heavy atom. The molecule has 1 unspecified atom stereocenters. The van der Waals surface area contributed by atoms with Gasteiger partial charge in [-0.3, -0.25) is 0 Å². The van der Waals surface area contributed by atoms with Gasteiger partial charge in [0.15, 0.2) is 0 Å². The third kappa shape index (κ3) is 3.67. The molecule has 0 spiro atoms. The van der Waals surface area contributed by atoms with Crippen LogP contribution < -0.4 is 0 Å². The summed E-state index contributed by atoms with van der Waals surface area (Å²) < 4.78 is 15.0. The first-order chi connectivity index (χ1) is 6.94. The van der Waals surface area contributed by atoms with Gasteiger partial charge in [-0.15, -0.1) is 4.36 Å². The Balaban J connectivity index is 3.07. The molecule has 0 bridgehead atoms. The topological polar surface area (TPSA) is 66.1 Å². The van der Waals surface area contributed by atoms with E-state index >= 15 is 0 Å². The number of hydrogen-bond donors (Lipinski definition) is 0. The zero-order valence-corrected chi connectivity index (χ0v) is 10.1. The van der Waals surface area contributed by atoms with E-state index in [0.717, 1.165) is 0 Å². The molecule has 1 heterocycles. The summed E-state index contributed by atoms with van der Waals surface area (Å²) in [4.78, 5) is 3.82. The molecule has 0 aliphatic carbocycles. The van der Waals surface area contributed by atoms with Crippen molar-refractivity contribution in [2.24, 2.45) is 4.36 Å². The Morgan fingerprint density at radius 3 is 2.87 bits per heavy atom. The molecule has 0 aromatic carbocycles. The summed E-state index contributed by atoms with van der Waals surface area (Å²) in [7, 11) is -2.57. The highest BCUT2D eigenvalue weighted by Crippen LogP contribution is 2.20. The van der Waals surface area contributed by atoms with Crippen LogP contribution in [0.15, 0.2) is 16.6 Å². The van der Waals surface area contributed by atoms with Crippen molar-refractivity contribution >= 4 is 32.9 Å². The molecule has 1 aromatic heterocycles. The molecule has 1 rings (SSSR count). The Hall–Kier alpha value is -0.830. The zero-order valence-electron chi connectivity index (χ0n) is 7.78. The highest BCUT2D eigenvalue weighted by molar-refractivity contribution is 7.92. The van der Waals surface area contributed by atoms with E-state index in [-0.39, 0.29) is 10.9 Å². The maximum atomic E-state index is 11.7. The molecule has 0 amide bonds. The van der Waals surface area contributed by atoms with Crippen molar-refractivity contribution in [1.82, 2.24) is 4.98 Å². The number of rotatable bonds is 2. The fourth-order valence-corrected chi connectivity index (χ4v) is 2.51. The molecule has 0 fully saturated rings. The number of aromatic nitrogens is 1. The Bertz CT molecular complexity index is 529. The van der Waals surface area contributed by atoms with Crippen LogP contribution in [0.5, 0.6) is 0 Å². The molecule has 15 heavy (non-hydrogen) atoms. The second-order valence-corrected chi connectivity index (χ2v) is 6.08. The summed E-state index contributed by atoms with van der Waals surface area (Å²) in [5.74, 6) is 0.0869. The van der Waals surface area contributed by atoms with Crippen LogP contribution in [0.25, 0.3) is 0 Å². The standard InChI is InChI=1S/C8H7Cl2N3OS/c1-15(14,13-5-11)4-6-3-12-8(10)2-7(6)9/h2-3H,4H2,1H3. The normalized spacial score (nSPS) is 14.0. The van der Waals surface area contributed by atoms with Gasteiger partial charge in [0.25, 0.3) is 0 Å². The predicted molar refractivity (Wildman–Crippen MR) is 60.1 cm³/mol. The molecule has 80 valence electrons. The molecule has 0 saturated heterocycles. The van der Waals surface area contributed by atoms with Crippen LogP contribution in [0, 0.1) is 11.5 Å². The molecular weight excluding hydrogens is 257 g/mol. The Morgan fingerprint density at radius 1 is 1.67 bits per heavy atom. The first kappa shape index (κ1) is 12.2.